The molecule has 4 nitrogen and oxygen atoms in total. The number of aliphatic hydroxyl groups is 1. The first-order valence-electron chi connectivity index (χ1n) is 5.03. The van der Waals surface area contributed by atoms with E-state index in [1.165, 1.54) is 12.1 Å². The summed E-state index contributed by atoms with van der Waals surface area (Å²) in [7, 11) is 1.68. The van der Waals surface area contributed by atoms with Crippen molar-refractivity contribution < 1.29 is 13.9 Å². The Kier molecular flexibility index (Phi) is 3.14. The molecule has 0 saturated heterocycles. The van der Waals surface area contributed by atoms with Gasteiger partial charge < -0.3 is 9.67 Å². The first kappa shape index (κ1) is 11.7. The standard InChI is InChI=1S/C11H11F2N3O/c1-16-10(14-15-11(16)6-17)4-7-2-3-8(12)5-9(7)13/h2-3,5,17H,4,6H2,1H3. The van der Waals surface area contributed by atoms with Crippen LogP contribution in [0.2, 0.25) is 0 Å². The Bertz CT molecular complexity index is 540. The zero-order chi connectivity index (χ0) is 12.4. The van der Waals surface area contributed by atoms with Gasteiger partial charge in [-0.2, -0.15) is 0 Å². The molecule has 17 heavy (non-hydrogen) atoms. The molecule has 90 valence electrons. The number of rotatable bonds is 3. The van der Waals surface area contributed by atoms with Gasteiger partial charge in [-0.25, -0.2) is 8.78 Å². The lowest BCUT2D eigenvalue weighted by Gasteiger charge is -2.04. The van der Waals surface area contributed by atoms with Crippen molar-refractivity contribution in [3.05, 3.63) is 47.0 Å². The smallest absolute Gasteiger partial charge is 0.158 e. The van der Waals surface area contributed by atoms with Gasteiger partial charge in [0.05, 0.1) is 0 Å². The number of aromatic nitrogens is 3. The summed E-state index contributed by atoms with van der Waals surface area (Å²) in [4.78, 5) is 0. The van der Waals surface area contributed by atoms with Crippen molar-refractivity contribution in [3.63, 3.8) is 0 Å². The monoisotopic (exact) mass is 239 g/mol. The highest BCUT2D eigenvalue weighted by molar-refractivity contribution is 5.22. The van der Waals surface area contributed by atoms with Gasteiger partial charge in [-0.05, 0) is 11.6 Å². The van der Waals surface area contributed by atoms with Crippen LogP contribution in [-0.2, 0) is 20.1 Å². The second kappa shape index (κ2) is 4.58. The lowest BCUT2D eigenvalue weighted by molar-refractivity contribution is 0.266. The predicted molar refractivity (Wildman–Crippen MR) is 56.1 cm³/mol. The van der Waals surface area contributed by atoms with Crippen LogP contribution in [0.5, 0.6) is 0 Å². The molecule has 2 aromatic rings. The van der Waals surface area contributed by atoms with Gasteiger partial charge in [0.25, 0.3) is 0 Å². The molecule has 0 aliphatic carbocycles. The van der Waals surface area contributed by atoms with E-state index in [0.717, 1.165) is 6.07 Å². The van der Waals surface area contributed by atoms with Crippen molar-refractivity contribution in [3.8, 4) is 0 Å². The quantitative estimate of drug-likeness (QED) is 0.874. The highest BCUT2D eigenvalue weighted by Gasteiger charge is 2.11. The van der Waals surface area contributed by atoms with Crippen LogP contribution in [-0.4, -0.2) is 19.9 Å². The summed E-state index contributed by atoms with van der Waals surface area (Å²) >= 11 is 0. The number of hydrogen-bond acceptors (Lipinski definition) is 3. The van der Waals surface area contributed by atoms with E-state index in [4.69, 9.17) is 5.11 Å². The van der Waals surface area contributed by atoms with Crippen LogP contribution in [0.3, 0.4) is 0 Å². The van der Waals surface area contributed by atoms with E-state index in [0.29, 0.717) is 17.2 Å². The number of halogens is 2. The van der Waals surface area contributed by atoms with Gasteiger partial charge in [-0.1, -0.05) is 6.07 Å². The molecule has 0 radical (unpaired) electrons. The second-order valence-electron chi connectivity index (χ2n) is 3.66. The van der Waals surface area contributed by atoms with Crippen LogP contribution < -0.4 is 0 Å². The summed E-state index contributed by atoms with van der Waals surface area (Å²) in [6.45, 7) is -0.227. The van der Waals surface area contributed by atoms with Crippen molar-refractivity contribution in [2.75, 3.05) is 0 Å². The molecular weight excluding hydrogens is 228 g/mol. The maximum absolute atomic E-state index is 13.4. The van der Waals surface area contributed by atoms with Crippen molar-refractivity contribution >= 4 is 0 Å². The van der Waals surface area contributed by atoms with E-state index in [1.54, 1.807) is 11.6 Å². The molecule has 6 heteroatoms. The van der Waals surface area contributed by atoms with Gasteiger partial charge in [0.2, 0.25) is 0 Å². The van der Waals surface area contributed by atoms with Crippen LogP contribution in [0, 0.1) is 11.6 Å². The van der Waals surface area contributed by atoms with E-state index in [2.05, 4.69) is 10.2 Å². The van der Waals surface area contributed by atoms with Crippen molar-refractivity contribution in [2.45, 2.75) is 13.0 Å². The molecule has 1 N–H and O–H groups in total. The molecule has 1 aromatic heterocycles. The third-order valence-electron chi connectivity index (χ3n) is 2.56. The highest BCUT2D eigenvalue weighted by atomic mass is 19.1. The Labute approximate surface area is 96.5 Å². The lowest BCUT2D eigenvalue weighted by Crippen LogP contribution is -2.04. The minimum atomic E-state index is -0.612. The summed E-state index contributed by atoms with van der Waals surface area (Å²) in [5.74, 6) is -0.305. The van der Waals surface area contributed by atoms with Crippen LogP contribution in [0.4, 0.5) is 8.78 Å². The largest absolute Gasteiger partial charge is 0.388 e. The Balaban J connectivity index is 2.28. The molecule has 0 unspecified atom stereocenters. The summed E-state index contributed by atoms with van der Waals surface area (Å²) in [6.07, 6.45) is 0.204. The molecule has 0 fully saturated rings. The zero-order valence-corrected chi connectivity index (χ0v) is 9.19. The molecule has 0 bridgehead atoms. The molecule has 0 atom stereocenters. The van der Waals surface area contributed by atoms with Gasteiger partial charge in [0, 0.05) is 19.5 Å². The Hall–Kier alpha value is -1.82. The number of benzene rings is 1. The Morgan fingerprint density at radius 1 is 1.24 bits per heavy atom. The minimum absolute atomic E-state index is 0.204. The fourth-order valence-electron chi connectivity index (χ4n) is 1.53. The third-order valence-corrected chi connectivity index (χ3v) is 2.56. The van der Waals surface area contributed by atoms with Crippen LogP contribution in [0.1, 0.15) is 17.2 Å². The first-order chi connectivity index (χ1) is 8.11. The van der Waals surface area contributed by atoms with Gasteiger partial charge in [-0.15, -0.1) is 10.2 Å². The molecular formula is C11H11F2N3O. The first-order valence-corrected chi connectivity index (χ1v) is 5.03. The zero-order valence-electron chi connectivity index (χ0n) is 9.19. The molecule has 2 rings (SSSR count). The predicted octanol–water partition coefficient (Wildman–Crippen LogP) is 1.18. The summed E-state index contributed by atoms with van der Waals surface area (Å²) < 4.78 is 27.7. The van der Waals surface area contributed by atoms with Crippen LogP contribution in [0.15, 0.2) is 18.2 Å². The molecule has 0 aliphatic rings. The molecule has 0 aliphatic heterocycles. The third kappa shape index (κ3) is 2.31. The fourth-order valence-corrected chi connectivity index (χ4v) is 1.53. The van der Waals surface area contributed by atoms with Crippen LogP contribution >= 0.6 is 0 Å². The average Bonchev–Trinajstić information content (AvgIpc) is 2.64. The minimum Gasteiger partial charge on any atom is -0.388 e. The van der Waals surface area contributed by atoms with E-state index in [1.807, 2.05) is 0 Å². The molecule has 0 amide bonds. The van der Waals surface area contributed by atoms with Gasteiger partial charge in [-0.3, -0.25) is 0 Å². The van der Waals surface area contributed by atoms with Crippen molar-refractivity contribution in [2.24, 2.45) is 7.05 Å². The average molecular weight is 239 g/mol. The molecule has 1 heterocycles. The maximum Gasteiger partial charge on any atom is 0.158 e. The number of nitrogens with zero attached hydrogens (tertiary/aromatic N) is 3. The van der Waals surface area contributed by atoms with Crippen molar-refractivity contribution in [1.82, 2.24) is 14.8 Å². The molecule has 0 saturated carbocycles. The van der Waals surface area contributed by atoms with E-state index in [-0.39, 0.29) is 13.0 Å². The van der Waals surface area contributed by atoms with E-state index < -0.39 is 11.6 Å². The van der Waals surface area contributed by atoms with Gasteiger partial charge in [0.15, 0.2) is 5.82 Å². The Morgan fingerprint density at radius 2 is 1.94 bits per heavy atom. The second-order valence-corrected chi connectivity index (χ2v) is 3.66. The maximum atomic E-state index is 13.4. The normalized spacial score (nSPS) is 10.8. The molecule has 1 aromatic carbocycles. The lowest BCUT2D eigenvalue weighted by atomic mass is 10.1. The van der Waals surface area contributed by atoms with Gasteiger partial charge in [0.1, 0.15) is 24.1 Å². The van der Waals surface area contributed by atoms with E-state index >= 15 is 0 Å². The summed E-state index contributed by atoms with van der Waals surface area (Å²) in [5, 5.41) is 16.5. The fraction of sp³-hybridized carbons (Fsp3) is 0.273. The SMILES string of the molecule is Cn1c(CO)nnc1Cc1ccc(F)cc1F. The van der Waals surface area contributed by atoms with Crippen molar-refractivity contribution in [1.29, 1.82) is 0 Å². The number of hydrogen-bond donors (Lipinski definition) is 1. The summed E-state index contributed by atoms with van der Waals surface area (Å²) in [5.41, 5.74) is 0.339. The van der Waals surface area contributed by atoms with Crippen LogP contribution in [0.25, 0.3) is 0 Å². The highest BCUT2D eigenvalue weighted by Crippen LogP contribution is 2.13. The molecule has 0 spiro atoms. The summed E-state index contributed by atoms with van der Waals surface area (Å²) in [6, 6.07) is 3.40. The number of aliphatic hydroxyl groups excluding tert-OH is 1. The van der Waals surface area contributed by atoms with E-state index in [9.17, 15) is 8.78 Å². The topological polar surface area (TPSA) is 50.9 Å². The Morgan fingerprint density at radius 3 is 2.53 bits per heavy atom. The van der Waals surface area contributed by atoms with Gasteiger partial charge >= 0.3 is 0 Å².